The maximum Gasteiger partial charge on any atom is 0.264 e. The lowest BCUT2D eigenvalue weighted by Gasteiger charge is -2.23. The summed E-state index contributed by atoms with van der Waals surface area (Å²) >= 11 is 7.70. The van der Waals surface area contributed by atoms with Crippen LogP contribution in [-0.2, 0) is 16.9 Å². The molecule has 0 bridgehead atoms. The molecule has 0 saturated heterocycles. The maximum absolute atomic E-state index is 13.3. The molecule has 1 aromatic heterocycles. The molecule has 0 fully saturated rings. The second-order valence-electron chi connectivity index (χ2n) is 7.41. The van der Waals surface area contributed by atoms with Crippen LogP contribution in [0, 0.1) is 13.8 Å². The fourth-order valence-corrected chi connectivity index (χ4v) is 4.64. The van der Waals surface area contributed by atoms with Crippen LogP contribution in [0.3, 0.4) is 0 Å². The van der Waals surface area contributed by atoms with Crippen LogP contribution < -0.4 is 4.90 Å². The van der Waals surface area contributed by atoms with Gasteiger partial charge in [0.2, 0.25) is 0 Å². The molecule has 2 aromatic carbocycles. The third-order valence-electron chi connectivity index (χ3n) is 5.30. The average Bonchev–Trinajstić information content (AvgIpc) is 3.26. The number of hydrogen-bond donors (Lipinski definition) is 1. The predicted molar refractivity (Wildman–Crippen MR) is 116 cm³/mol. The monoisotopic (exact) mass is 425 g/mol. The van der Waals surface area contributed by atoms with Crippen molar-refractivity contribution in [1.82, 2.24) is 0 Å². The Labute approximate surface area is 178 Å². The molecule has 0 aliphatic carbocycles. The highest BCUT2D eigenvalue weighted by molar-refractivity contribution is 7.09. The van der Waals surface area contributed by atoms with Gasteiger partial charge >= 0.3 is 0 Å². The van der Waals surface area contributed by atoms with Crippen LogP contribution in [0.1, 0.15) is 38.3 Å². The summed E-state index contributed by atoms with van der Waals surface area (Å²) < 4.78 is 0. The zero-order chi connectivity index (χ0) is 20.8. The molecule has 4 nitrogen and oxygen atoms in total. The van der Waals surface area contributed by atoms with Crippen LogP contribution >= 0.6 is 22.9 Å². The summed E-state index contributed by atoms with van der Waals surface area (Å²) in [5.41, 5.74) is 1.31. The molecule has 0 spiro atoms. The minimum Gasteiger partial charge on any atom is -0.375 e. The van der Waals surface area contributed by atoms with Crippen molar-refractivity contribution in [3.05, 3.63) is 86.1 Å². The Morgan fingerprint density at radius 3 is 2.69 bits per heavy atom. The first-order chi connectivity index (χ1) is 13.8. The number of amides is 1. The Balaban J connectivity index is 1.74. The van der Waals surface area contributed by atoms with Crippen LogP contribution in [0.2, 0.25) is 5.02 Å². The minimum atomic E-state index is -1.94. The molecule has 4 rings (SSSR count). The molecule has 1 unspecified atom stereocenters. The number of Topliss-reactive ketones (excluding diaryl/α,β-unsaturated/α-hetero) is 1. The van der Waals surface area contributed by atoms with Crippen LogP contribution in [0.5, 0.6) is 0 Å². The van der Waals surface area contributed by atoms with Crippen molar-refractivity contribution in [2.75, 3.05) is 4.90 Å². The number of carbonyl (C=O) groups excluding carboxylic acids is 2. The fraction of sp³-hybridized carbons (Fsp3) is 0.217. The van der Waals surface area contributed by atoms with Gasteiger partial charge in [-0.15, -0.1) is 11.3 Å². The van der Waals surface area contributed by atoms with Gasteiger partial charge in [-0.2, -0.15) is 0 Å². The van der Waals surface area contributed by atoms with Gasteiger partial charge in [-0.3, -0.25) is 9.59 Å². The summed E-state index contributed by atoms with van der Waals surface area (Å²) in [4.78, 5) is 28.9. The van der Waals surface area contributed by atoms with Crippen molar-refractivity contribution >= 4 is 40.3 Å². The third-order valence-corrected chi connectivity index (χ3v) is 6.39. The number of fused-ring (bicyclic) bond motifs is 1. The third kappa shape index (κ3) is 3.50. The lowest BCUT2D eigenvalue weighted by Crippen LogP contribution is -2.41. The molecule has 3 aromatic rings. The standard InChI is InChI=1S/C23H20ClNO3S/c1-14-5-6-15(2)18(10-14)21(26)12-23(28)19-11-16(24)7-8-20(19)25(22(23)27)13-17-4-3-9-29-17/h3-11,28H,12-13H2,1-2H3. The van der Waals surface area contributed by atoms with Crippen LogP contribution in [0.4, 0.5) is 5.69 Å². The van der Waals surface area contributed by atoms with E-state index >= 15 is 0 Å². The Bertz CT molecular complexity index is 1110. The molecule has 0 radical (unpaired) electrons. The molecule has 148 valence electrons. The summed E-state index contributed by atoms with van der Waals surface area (Å²) in [5, 5.41) is 13.8. The summed E-state index contributed by atoms with van der Waals surface area (Å²) in [6.45, 7) is 4.09. The van der Waals surface area contributed by atoms with Crippen molar-refractivity contribution in [3.63, 3.8) is 0 Å². The highest BCUT2D eigenvalue weighted by Crippen LogP contribution is 2.45. The van der Waals surface area contributed by atoms with Gasteiger partial charge in [0.05, 0.1) is 18.7 Å². The van der Waals surface area contributed by atoms with E-state index in [0.29, 0.717) is 28.4 Å². The van der Waals surface area contributed by atoms with E-state index < -0.39 is 11.5 Å². The number of halogens is 1. The van der Waals surface area contributed by atoms with Gasteiger partial charge in [-0.05, 0) is 55.1 Å². The van der Waals surface area contributed by atoms with E-state index in [0.717, 1.165) is 16.0 Å². The number of aryl methyl sites for hydroxylation is 2. The van der Waals surface area contributed by atoms with Gasteiger partial charge in [0.25, 0.3) is 5.91 Å². The van der Waals surface area contributed by atoms with Gasteiger partial charge < -0.3 is 10.0 Å². The summed E-state index contributed by atoms with van der Waals surface area (Å²) in [5.74, 6) is -0.771. The van der Waals surface area contributed by atoms with Crippen molar-refractivity contribution in [2.24, 2.45) is 0 Å². The van der Waals surface area contributed by atoms with Gasteiger partial charge in [0, 0.05) is 21.0 Å². The molecule has 2 heterocycles. The number of nitrogens with zero attached hydrogens (tertiary/aromatic N) is 1. The normalized spacial score (nSPS) is 18.2. The van der Waals surface area contributed by atoms with Crippen molar-refractivity contribution in [1.29, 1.82) is 0 Å². The quantitative estimate of drug-likeness (QED) is 0.583. The maximum atomic E-state index is 13.3. The lowest BCUT2D eigenvalue weighted by atomic mass is 9.87. The summed E-state index contributed by atoms with van der Waals surface area (Å²) in [6.07, 6.45) is -0.329. The summed E-state index contributed by atoms with van der Waals surface area (Å²) in [7, 11) is 0. The SMILES string of the molecule is Cc1ccc(C)c(C(=O)CC2(O)C(=O)N(Cc3cccs3)c3ccc(Cl)cc32)c1. The highest BCUT2D eigenvalue weighted by Gasteiger charge is 2.51. The zero-order valence-corrected chi connectivity index (χ0v) is 17.7. The van der Waals surface area contributed by atoms with E-state index in [1.807, 2.05) is 43.5 Å². The van der Waals surface area contributed by atoms with Gasteiger partial charge in [-0.1, -0.05) is 35.4 Å². The van der Waals surface area contributed by atoms with E-state index in [9.17, 15) is 14.7 Å². The van der Waals surface area contributed by atoms with Gasteiger partial charge in [0.1, 0.15) is 0 Å². The van der Waals surface area contributed by atoms with Crippen molar-refractivity contribution < 1.29 is 14.7 Å². The minimum absolute atomic E-state index is 0.272. The number of anilines is 1. The Morgan fingerprint density at radius 1 is 1.17 bits per heavy atom. The number of benzene rings is 2. The van der Waals surface area contributed by atoms with Gasteiger partial charge in [-0.25, -0.2) is 0 Å². The van der Waals surface area contributed by atoms with Crippen LogP contribution in [0.25, 0.3) is 0 Å². The van der Waals surface area contributed by atoms with Gasteiger partial charge in [0.15, 0.2) is 11.4 Å². The van der Waals surface area contributed by atoms with Crippen LogP contribution in [-0.4, -0.2) is 16.8 Å². The molecule has 1 atom stereocenters. The van der Waals surface area contributed by atoms with Crippen LogP contribution in [0.15, 0.2) is 53.9 Å². The largest absolute Gasteiger partial charge is 0.375 e. The molecular weight excluding hydrogens is 406 g/mol. The Hall–Kier alpha value is -2.47. The first-order valence-corrected chi connectivity index (χ1v) is 10.5. The number of rotatable bonds is 5. The zero-order valence-electron chi connectivity index (χ0n) is 16.1. The molecule has 1 aliphatic rings. The molecule has 0 saturated carbocycles. The predicted octanol–water partition coefficient (Wildman–Crippen LogP) is 5.03. The molecule has 1 N–H and O–H groups in total. The lowest BCUT2D eigenvalue weighted by molar-refractivity contribution is -0.136. The van der Waals surface area contributed by atoms with Crippen molar-refractivity contribution in [2.45, 2.75) is 32.4 Å². The second kappa shape index (κ2) is 7.41. The number of thiophene rings is 1. The first-order valence-electron chi connectivity index (χ1n) is 9.27. The second-order valence-corrected chi connectivity index (χ2v) is 8.88. The van der Waals surface area contributed by atoms with E-state index in [2.05, 4.69) is 0 Å². The van der Waals surface area contributed by atoms with E-state index in [1.165, 1.54) is 16.2 Å². The number of hydrogen-bond acceptors (Lipinski definition) is 4. The molecule has 6 heteroatoms. The average molecular weight is 426 g/mol. The number of carbonyl (C=O) groups is 2. The molecule has 1 amide bonds. The summed E-state index contributed by atoms with van der Waals surface area (Å²) in [6, 6.07) is 14.4. The topological polar surface area (TPSA) is 57.6 Å². The number of aliphatic hydroxyl groups is 1. The van der Waals surface area contributed by atoms with E-state index in [1.54, 1.807) is 24.3 Å². The van der Waals surface area contributed by atoms with Crippen molar-refractivity contribution in [3.8, 4) is 0 Å². The molecule has 1 aliphatic heterocycles. The highest BCUT2D eigenvalue weighted by atomic mass is 35.5. The molecular formula is C23H20ClNO3S. The molecule has 29 heavy (non-hydrogen) atoms. The fourth-order valence-electron chi connectivity index (χ4n) is 3.77. The Kier molecular flexibility index (Phi) is 5.07. The smallest absolute Gasteiger partial charge is 0.264 e. The first kappa shape index (κ1) is 19.8. The number of ketones is 1. The van der Waals surface area contributed by atoms with E-state index in [-0.39, 0.29) is 12.2 Å². The Morgan fingerprint density at radius 2 is 1.97 bits per heavy atom. The van der Waals surface area contributed by atoms with E-state index in [4.69, 9.17) is 11.6 Å².